The summed E-state index contributed by atoms with van der Waals surface area (Å²) < 4.78 is 33.5. The van der Waals surface area contributed by atoms with Gasteiger partial charge in [0.25, 0.3) is 0 Å². The molecule has 0 amide bonds. The average Bonchev–Trinajstić information content (AvgIpc) is 3.21. The number of rotatable bonds is 38. The number of hydrogen-bond acceptors (Lipinski definition) is 12. The van der Waals surface area contributed by atoms with Crippen molar-refractivity contribution in [2.45, 2.75) is 236 Å². The topological polar surface area (TPSA) is 210 Å². The fourth-order valence-corrected chi connectivity index (χ4v) is 7.95. The monoisotopic (exact) mass is 863 g/mol. The minimum absolute atomic E-state index is 0.0917. The molecule has 0 radical (unpaired) electrons. The molecule has 1 rings (SSSR count). The Balaban J connectivity index is 2.46. The first-order valence-corrected chi connectivity index (χ1v) is 24.6. The maximum absolute atomic E-state index is 12.8. The molecule has 0 spiro atoms. The van der Waals surface area contributed by atoms with Gasteiger partial charge in [0.15, 0.2) is 6.10 Å². The second-order valence-electron chi connectivity index (χ2n) is 16.3. The number of aliphatic hydroxyl groups is 5. The van der Waals surface area contributed by atoms with E-state index < -0.39 is 75.7 Å². The van der Waals surface area contributed by atoms with Crippen LogP contribution in [0.15, 0.2) is 24.3 Å². The Morgan fingerprint density at radius 2 is 0.864 bits per heavy atom. The smallest absolute Gasteiger partial charge is 0.462 e. The highest BCUT2D eigenvalue weighted by Crippen LogP contribution is 2.47. The molecule has 59 heavy (non-hydrogen) atoms. The van der Waals surface area contributed by atoms with Gasteiger partial charge in [-0.05, 0) is 64.2 Å². The van der Waals surface area contributed by atoms with Crippen molar-refractivity contribution in [1.29, 1.82) is 0 Å². The van der Waals surface area contributed by atoms with Crippen LogP contribution in [0.5, 0.6) is 0 Å². The molecule has 0 aromatic heterocycles. The minimum atomic E-state index is -5.12. The molecular weight excluding hydrogens is 779 g/mol. The Morgan fingerprint density at radius 3 is 1.31 bits per heavy atom. The number of ether oxygens (including phenoxy) is 2. The standard InChI is InChI=1S/C45H83O13P/c1-3-5-7-9-11-13-15-17-18-19-20-22-24-26-28-30-32-34-39(47)57-37(36-56-59(53,54)58-45-43(51)41(49)40(48)42(50)44(45)52)35-55-38(46)33-31-29-27-25-23-21-16-14-12-10-8-6-4-2/h14,16-18,37,40-45,48-52H,3-13,15,19-36H2,1-2H3,(H,53,54)/b16-14-,18-17-/t37-,40?,41-,42?,43?,44?,45?/m1/s1. The van der Waals surface area contributed by atoms with Crippen molar-refractivity contribution in [3.8, 4) is 0 Å². The third kappa shape index (κ3) is 28.5. The van der Waals surface area contributed by atoms with Crippen LogP contribution in [0.4, 0.5) is 0 Å². The normalized spacial score (nSPS) is 22.5. The molecule has 6 N–H and O–H groups in total. The summed E-state index contributed by atoms with van der Waals surface area (Å²) in [5.41, 5.74) is 0. The van der Waals surface area contributed by atoms with E-state index in [9.17, 15) is 44.6 Å². The van der Waals surface area contributed by atoms with Gasteiger partial charge in [0.1, 0.15) is 43.2 Å². The molecule has 1 saturated carbocycles. The van der Waals surface area contributed by atoms with E-state index >= 15 is 0 Å². The lowest BCUT2D eigenvalue weighted by atomic mass is 9.85. The van der Waals surface area contributed by atoms with Gasteiger partial charge in [0, 0.05) is 12.8 Å². The second kappa shape index (κ2) is 35.9. The molecule has 0 aromatic carbocycles. The predicted octanol–water partition coefficient (Wildman–Crippen LogP) is 8.84. The third-order valence-corrected chi connectivity index (χ3v) is 11.8. The van der Waals surface area contributed by atoms with Crippen molar-refractivity contribution in [2.75, 3.05) is 13.2 Å². The first kappa shape index (κ1) is 55.3. The fraction of sp³-hybridized carbons (Fsp3) is 0.867. The number of phosphoric ester groups is 1. The average molecular weight is 863 g/mol. The first-order valence-electron chi connectivity index (χ1n) is 23.1. The van der Waals surface area contributed by atoms with Crippen LogP contribution in [0.3, 0.4) is 0 Å². The summed E-state index contributed by atoms with van der Waals surface area (Å²) in [6, 6.07) is 0. The zero-order chi connectivity index (χ0) is 43.6. The molecule has 0 aliphatic heterocycles. The fourth-order valence-electron chi connectivity index (χ4n) is 6.98. The van der Waals surface area contributed by atoms with Gasteiger partial charge in [-0.25, -0.2) is 4.57 Å². The summed E-state index contributed by atoms with van der Waals surface area (Å²) in [5.74, 6) is -1.11. The maximum atomic E-state index is 12.8. The van der Waals surface area contributed by atoms with Crippen LogP contribution in [0, 0.1) is 0 Å². The number of phosphoric acid groups is 1. The van der Waals surface area contributed by atoms with Crippen molar-refractivity contribution in [2.24, 2.45) is 0 Å². The van der Waals surface area contributed by atoms with E-state index in [0.29, 0.717) is 12.8 Å². The quantitative estimate of drug-likeness (QED) is 0.0149. The molecule has 8 atom stereocenters. The largest absolute Gasteiger partial charge is 0.472 e. The molecule has 0 aromatic rings. The van der Waals surface area contributed by atoms with Gasteiger partial charge < -0.3 is 39.9 Å². The summed E-state index contributed by atoms with van der Waals surface area (Å²) in [5, 5.41) is 50.1. The van der Waals surface area contributed by atoms with E-state index in [2.05, 4.69) is 38.2 Å². The van der Waals surface area contributed by atoms with Crippen LogP contribution in [-0.2, 0) is 32.7 Å². The summed E-state index contributed by atoms with van der Waals surface area (Å²) >= 11 is 0. The van der Waals surface area contributed by atoms with Crippen LogP contribution in [0.1, 0.15) is 194 Å². The van der Waals surface area contributed by atoms with E-state index in [1.807, 2.05) is 0 Å². The molecule has 1 fully saturated rings. The van der Waals surface area contributed by atoms with Crippen molar-refractivity contribution >= 4 is 19.8 Å². The highest BCUT2D eigenvalue weighted by molar-refractivity contribution is 7.47. The van der Waals surface area contributed by atoms with Gasteiger partial charge in [-0.15, -0.1) is 0 Å². The molecular formula is C45H83O13P. The molecule has 0 saturated heterocycles. The first-order chi connectivity index (χ1) is 28.4. The molecule has 14 heteroatoms. The Bertz CT molecular complexity index is 1130. The predicted molar refractivity (Wildman–Crippen MR) is 230 cm³/mol. The van der Waals surface area contributed by atoms with Crippen LogP contribution in [0.25, 0.3) is 0 Å². The van der Waals surface area contributed by atoms with Crippen molar-refractivity contribution in [3.05, 3.63) is 24.3 Å². The summed E-state index contributed by atoms with van der Waals surface area (Å²) in [7, 11) is -5.12. The van der Waals surface area contributed by atoms with Crippen LogP contribution < -0.4 is 0 Å². The number of aliphatic hydroxyl groups excluding tert-OH is 5. The van der Waals surface area contributed by atoms with Crippen LogP contribution in [-0.4, -0.2) is 98.3 Å². The number of esters is 2. The van der Waals surface area contributed by atoms with Crippen LogP contribution in [0.2, 0.25) is 0 Å². The highest BCUT2D eigenvalue weighted by atomic mass is 31.2. The number of hydrogen-bond donors (Lipinski definition) is 6. The van der Waals surface area contributed by atoms with Crippen molar-refractivity contribution < 1.29 is 63.1 Å². The van der Waals surface area contributed by atoms with Gasteiger partial charge in [-0.1, -0.05) is 141 Å². The molecule has 0 bridgehead atoms. The minimum Gasteiger partial charge on any atom is -0.462 e. The SMILES string of the molecule is CCCCCC/C=C\CCCCCCCC(=O)OC[C@H](COP(=O)(O)OC1C(O)C(O)C(O)[C@@H](O)C1O)OC(=O)CCCCCCCCC/C=C\CCCCCCCC. The number of unbranched alkanes of at least 4 members (excludes halogenated alkanes) is 22. The van der Waals surface area contributed by atoms with Crippen molar-refractivity contribution in [3.63, 3.8) is 0 Å². The third-order valence-electron chi connectivity index (χ3n) is 10.8. The van der Waals surface area contributed by atoms with E-state index in [1.54, 1.807) is 0 Å². The zero-order valence-corrected chi connectivity index (χ0v) is 37.4. The van der Waals surface area contributed by atoms with Gasteiger partial charge >= 0.3 is 19.8 Å². The lowest BCUT2D eigenvalue weighted by molar-refractivity contribution is -0.220. The lowest BCUT2D eigenvalue weighted by Gasteiger charge is -2.41. The van der Waals surface area contributed by atoms with E-state index in [1.165, 1.54) is 83.5 Å². The van der Waals surface area contributed by atoms with Gasteiger partial charge in [0.2, 0.25) is 0 Å². The second-order valence-corrected chi connectivity index (χ2v) is 17.7. The van der Waals surface area contributed by atoms with E-state index in [0.717, 1.165) is 70.6 Å². The molecule has 1 aliphatic rings. The summed E-state index contributed by atoms with van der Waals surface area (Å²) in [6.07, 6.45) is 25.2. The lowest BCUT2D eigenvalue weighted by Crippen LogP contribution is -2.64. The molecule has 13 nitrogen and oxygen atoms in total. The zero-order valence-electron chi connectivity index (χ0n) is 36.6. The number of allylic oxidation sites excluding steroid dienone is 4. The van der Waals surface area contributed by atoms with Gasteiger partial charge in [0.05, 0.1) is 6.61 Å². The molecule has 6 unspecified atom stereocenters. The number of carbonyl (C=O) groups is 2. The Kier molecular flexibility index (Phi) is 33.7. The Hall–Kier alpha value is -1.67. The highest BCUT2D eigenvalue weighted by Gasteiger charge is 2.51. The molecule has 0 heterocycles. The molecule has 346 valence electrons. The van der Waals surface area contributed by atoms with E-state index in [-0.39, 0.29) is 12.8 Å². The number of carbonyl (C=O) groups excluding carboxylic acids is 2. The van der Waals surface area contributed by atoms with Gasteiger partial charge in [-0.2, -0.15) is 0 Å². The molecule has 1 aliphatic carbocycles. The van der Waals surface area contributed by atoms with Gasteiger partial charge in [-0.3, -0.25) is 18.6 Å². The van der Waals surface area contributed by atoms with Crippen molar-refractivity contribution in [1.82, 2.24) is 0 Å². The van der Waals surface area contributed by atoms with E-state index in [4.69, 9.17) is 18.5 Å². The Morgan fingerprint density at radius 1 is 0.508 bits per heavy atom. The Labute approximate surface area is 356 Å². The van der Waals surface area contributed by atoms with Crippen LogP contribution >= 0.6 is 7.82 Å². The summed E-state index contributed by atoms with van der Waals surface area (Å²) in [4.78, 5) is 35.7. The summed E-state index contributed by atoms with van der Waals surface area (Å²) in [6.45, 7) is 3.27. The maximum Gasteiger partial charge on any atom is 0.472 e.